The van der Waals surface area contributed by atoms with Crippen molar-refractivity contribution in [1.82, 2.24) is 0 Å². The number of halogens is 1. The summed E-state index contributed by atoms with van der Waals surface area (Å²) in [6.07, 6.45) is 0.264. The van der Waals surface area contributed by atoms with Gasteiger partial charge in [-0.1, -0.05) is 0 Å². The predicted octanol–water partition coefficient (Wildman–Crippen LogP) is 3.90. The van der Waals surface area contributed by atoms with E-state index in [9.17, 15) is 9.59 Å². The van der Waals surface area contributed by atoms with E-state index in [1.807, 2.05) is 24.3 Å². The molecule has 0 spiro atoms. The van der Waals surface area contributed by atoms with Crippen LogP contribution in [0.15, 0.2) is 48.5 Å². The molecular formula is C17H16INO3. The van der Waals surface area contributed by atoms with E-state index in [1.54, 1.807) is 24.3 Å². The monoisotopic (exact) mass is 409 g/mol. The van der Waals surface area contributed by atoms with Crippen molar-refractivity contribution in [2.45, 2.75) is 13.3 Å². The third-order valence-electron chi connectivity index (χ3n) is 2.99. The SMILES string of the molecule is CC(=O)c1ccc(OCCC(=O)Nc2ccc(I)cc2)cc1. The van der Waals surface area contributed by atoms with Crippen molar-refractivity contribution in [2.75, 3.05) is 11.9 Å². The average Bonchev–Trinajstić information content (AvgIpc) is 2.50. The van der Waals surface area contributed by atoms with Gasteiger partial charge in [-0.2, -0.15) is 0 Å². The van der Waals surface area contributed by atoms with Crippen LogP contribution in [0.2, 0.25) is 0 Å². The Labute approximate surface area is 143 Å². The van der Waals surface area contributed by atoms with Gasteiger partial charge in [0.2, 0.25) is 5.91 Å². The number of ether oxygens (including phenoxy) is 1. The lowest BCUT2D eigenvalue weighted by Crippen LogP contribution is -2.15. The predicted molar refractivity (Wildman–Crippen MR) is 94.3 cm³/mol. The Hall–Kier alpha value is -1.89. The molecule has 0 aliphatic rings. The largest absolute Gasteiger partial charge is 0.493 e. The highest BCUT2D eigenvalue weighted by atomic mass is 127. The molecule has 0 aromatic heterocycles. The van der Waals surface area contributed by atoms with Crippen LogP contribution >= 0.6 is 22.6 Å². The highest BCUT2D eigenvalue weighted by Crippen LogP contribution is 2.14. The Morgan fingerprint density at radius 3 is 2.27 bits per heavy atom. The van der Waals surface area contributed by atoms with Gasteiger partial charge >= 0.3 is 0 Å². The van der Waals surface area contributed by atoms with Gasteiger partial charge in [-0.05, 0) is 78.0 Å². The maximum absolute atomic E-state index is 11.8. The van der Waals surface area contributed by atoms with Gasteiger partial charge in [-0.25, -0.2) is 0 Å². The zero-order valence-electron chi connectivity index (χ0n) is 12.1. The van der Waals surface area contributed by atoms with Crippen LogP contribution < -0.4 is 10.1 Å². The lowest BCUT2D eigenvalue weighted by atomic mass is 10.1. The molecule has 4 nitrogen and oxygen atoms in total. The standard InChI is InChI=1S/C17H16INO3/c1-12(20)13-2-8-16(9-3-13)22-11-10-17(21)19-15-6-4-14(18)5-7-15/h2-9H,10-11H2,1H3,(H,19,21). The first-order valence-corrected chi connectivity index (χ1v) is 7.92. The number of hydrogen-bond acceptors (Lipinski definition) is 3. The van der Waals surface area contributed by atoms with Gasteiger partial charge in [-0.3, -0.25) is 9.59 Å². The first-order chi connectivity index (χ1) is 10.5. The number of anilines is 1. The van der Waals surface area contributed by atoms with Crippen LogP contribution in [0.1, 0.15) is 23.7 Å². The molecule has 2 aromatic rings. The summed E-state index contributed by atoms with van der Waals surface area (Å²) < 4.78 is 6.61. The van der Waals surface area contributed by atoms with E-state index in [-0.39, 0.29) is 24.7 Å². The van der Waals surface area contributed by atoms with Gasteiger partial charge in [0.15, 0.2) is 5.78 Å². The summed E-state index contributed by atoms with van der Waals surface area (Å²) in [4.78, 5) is 23.0. The number of benzene rings is 2. The van der Waals surface area contributed by atoms with Gasteiger partial charge in [0.1, 0.15) is 5.75 Å². The minimum atomic E-state index is -0.0958. The summed E-state index contributed by atoms with van der Waals surface area (Å²) >= 11 is 2.21. The van der Waals surface area contributed by atoms with Crippen LogP contribution in [0.3, 0.4) is 0 Å². The Morgan fingerprint density at radius 2 is 1.68 bits per heavy atom. The molecule has 0 radical (unpaired) electrons. The second kappa shape index (κ2) is 7.93. The van der Waals surface area contributed by atoms with Crippen molar-refractivity contribution in [3.8, 4) is 5.75 Å². The van der Waals surface area contributed by atoms with E-state index >= 15 is 0 Å². The van der Waals surface area contributed by atoms with Gasteiger partial charge in [0.25, 0.3) is 0 Å². The Kier molecular flexibility index (Phi) is 5.94. The number of carbonyl (C=O) groups excluding carboxylic acids is 2. The Balaban J connectivity index is 1.77. The molecule has 0 atom stereocenters. The number of rotatable bonds is 6. The Morgan fingerprint density at radius 1 is 1.05 bits per heavy atom. The zero-order chi connectivity index (χ0) is 15.9. The summed E-state index contributed by atoms with van der Waals surface area (Å²) in [5.74, 6) is 0.567. The lowest BCUT2D eigenvalue weighted by Gasteiger charge is -2.08. The summed E-state index contributed by atoms with van der Waals surface area (Å²) in [5, 5.41) is 2.81. The van der Waals surface area contributed by atoms with Crippen molar-refractivity contribution in [1.29, 1.82) is 0 Å². The highest BCUT2D eigenvalue weighted by molar-refractivity contribution is 14.1. The number of hydrogen-bond donors (Lipinski definition) is 1. The number of Topliss-reactive ketones (excluding diaryl/α,β-unsaturated/α-hetero) is 1. The van der Waals surface area contributed by atoms with Crippen molar-refractivity contribution >= 4 is 40.0 Å². The molecule has 114 valence electrons. The number of carbonyl (C=O) groups is 2. The van der Waals surface area contributed by atoms with Gasteiger partial charge in [-0.15, -0.1) is 0 Å². The van der Waals surface area contributed by atoms with E-state index in [0.29, 0.717) is 11.3 Å². The number of amides is 1. The van der Waals surface area contributed by atoms with Gasteiger partial charge in [0.05, 0.1) is 13.0 Å². The zero-order valence-corrected chi connectivity index (χ0v) is 14.3. The van der Waals surface area contributed by atoms with Crippen LogP contribution in [-0.2, 0) is 4.79 Å². The Bertz CT molecular complexity index is 651. The fourth-order valence-corrected chi connectivity index (χ4v) is 2.16. The second-order valence-electron chi connectivity index (χ2n) is 4.73. The molecule has 1 amide bonds. The summed E-state index contributed by atoms with van der Waals surface area (Å²) in [5.41, 5.74) is 1.42. The van der Waals surface area contributed by atoms with E-state index in [1.165, 1.54) is 6.92 Å². The highest BCUT2D eigenvalue weighted by Gasteiger charge is 2.04. The molecule has 0 saturated carbocycles. The van der Waals surface area contributed by atoms with Crippen molar-refractivity contribution in [3.63, 3.8) is 0 Å². The normalized spacial score (nSPS) is 10.1. The van der Waals surface area contributed by atoms with Crippen LogP contribution in [0.25, 0.3) is 0 Å². The molecule has 1 N–H and O–H groups in total. The summed E-state index contributed by atoms with van der Waals surface area (Å²) in [6, 6.07) is 14.5. The van der Waals surface area contributed by atoms with Crippen molar-refractivity contribution < 1.29 is 14.3 Å². The minimum absolute atomic E-state index is 0.0171. The molecule has 0 aliphatic heterocycles. The van der Waals surface area contributed by atoms with Crippen LogP contribution in [-0.4, -0.2) is 18.3 Å². The number of ketones is 1. The molecule has 2 aromatic carbocycles. The molecule has 0 fully saturated rings. The molecule has 0 bridgehead atoms. The molecule has 0 heterocycles. The van der Waals surface area contributed by atoms with Crippen molar-refractivity contribution in [3.05, 3.63) is 57.7 Å². The van der Waals surface area contributed by atoms with E-state index < -0.39 is 0 Å². The van der Waals surface area contributed by atoms with E-state index in [0.717, 1.165) is 9.26 Å². The molecule has 2 rings (SSSR count). The molecule has 0 aliphatic carbocycles. The maximum atomic E-state index is 11.8. The number of nitrogens with one attached hydrogen (secondary N) is 1. The lowest BCUT2D eigenvalue weighted by molar-refractivity contribution is -0.116. The van der Waals surface area contributed by atoms with Crippen LogP contribution in [0, 0.1) is 3.57 Å². The summed E-state index contributed by atoms with van der Waals surface area (Å²) in [6.45, 7) is 1.81. The third-order valence-corrected chi connectivity index (χ3v) is 3.71. The smallest absolute Gasteiger partial charge is 0.227 e. The second-order valence-corrected chi connectivity index (χ2v) is 5.98. The molecule has 0 saturated heterocycles. The molecular weight excluding hydrogens is 393 g/mol. The molecule has 0 unspecified atom stereocenters. The summed E-state index contributed by atoms with van der Waals surface area (Å²) in [7, 11) is 0. The van der Waals surface area contributed by atoms with Crippen molar-refractivity contribution in [2.24, 2.45) is 0 Å². The van der Waals surface area contributed by atoms with Gasteiger partial charge in [0, 0.05) is 14.8 Å². The van der Waals surface area contributed by atoms with Crippen LogP contribution in [0.4, 0.5) is 5.69 Å². The molecule has 22 heavy (non-hydrogen) atoms. The van der Waals surface area contributed by atoms with E-state index in [4.69, 9.17) is 4.74 Å². The first-order valence-electron chi connectivity index (χ1n) is 6.84. The maximum Gasteiger partial charge on any atom is 0.227 e. The topological polar surface area (TPSA) is 55.4 Å². The fourth-order valence-electron chi connectivity index (χ4n) is 1.80. The quantitative estimate of drug-likeness (QED) is 0.582. The van der Waals surface area contributed by atoms with Gasteiger partial charge < -0.3 is 10.1 Å². The third kappa shape index (κ3) is 5.14. The van der Waals surface area contributed by atoms with Crippen LogP contribution in [0.5, 0.6) is 5.75 Å². The minimum Gasteiger partial charge on any atom is -0.493 e. The fraction of sp³-hybridized carbons (Fsp3) is 0.176. The first kappa shape index (κ1) is 16.5. The molecule has 5 heteroatoms. The average molecular weight is 409 g/mol. The van der Waals surface area contributed by atoms with E-state index in [2.05, 4.69) is 27.9 Å².